The van der Waals surface area contributed by atoms with Crippen molar-refractivity contribution in [1.82, 2.24) is 0 Å². The Morgan fingerprint density at radius 1 is 1.24 bits per heavy atom. The molecule has 2 nitrogen and oxygen atoms in total. The van der Waals surface area contributed by atoms with Crippen molar-refractivity contribution in [1.29, 1.82) is 0 Å². The van der Waals surface area contributed by atoms with E-state index in [0.717, 1.165) is 24.9 Å². The molecule has 2 N–H and O–H groups in total. The summed E-state index contributed by atoms with van der Waals surface area (Å²) in [6.45, 7) is 1.42. The third kappa shape index (κ3) is 2.76. The highest BCUT2D eigenvalue weighted by molar-refractivity contribution is 6.30. The van der Waals surface area contributed by atoms with Gasteiger partial charge >= 0.3 is 0 Å². The number of halogens is 2. The number of hydrogen-bond acceptors (Lipinski definition) is 2. The van der Waals surface area contributed by atoms with Crippen LogP contribution in [0.5, 0.6) is 0 Å². The Bertz CT molecular complexity index is 644. The first kappa shape index (κ1) is 14.4. The van der Waals surface area contributed by atoms with Crippen LogP contribution in [0.3, 0.4) is 0 Å². The fraction of sp³-hybridized carbons (Fsp3) is 0.294. The summed E-state index contributed by atoms with van der Waals surface area (Å²) in [6.07, 6.45) is 2.19. The van der Waals surface area contributed by atoms with Crippen LogP contribution in [-0.4, -0.2) is 13.1 Å². The van der Waals surface area contributed by atoms with Gasteiger partial charge in [0.2, 0.25) is 0 Å². The molecular weight excluding hydrogens is 287 g/mol. The van der Waals surface area contributed by atoms with Gasteiger partial charge in [0, 0.05) is 18.8 Å². The molecule has 110 valence electrons. The van der Waals surface area contributed by atoms with Crippen molar-refractivity contribution in [3.63, 3.8) is 0 Å². The van der Waals surface area contributed by atoms with Gasteiger partial charge in [0.15, 0.2) is 0 Å². The Hall–Kier alpha value is -1.58. The molecule has 0 aromatic heterocycles. The second-order valence-electron chi connectivity index (χ2n) is 5.35. The Labute approximate surface area is 129 Å². The lowest BCUT2D eigenvalue weighted by atomic mass is 9.97. The number of aryl methyl sites for hydroxylation is 1. The molecule has 1 unspecified atom stereocenters. The molecule has 1 atom stereocenters. The normalized spacial score (nSPS) is 15.7. The topological polar surface area (TPSA) is 29.3 Å². The molecule has 0 saturated heterocycles. The van der Waals surface area contributed by atoms with Crippen LogP contribution >= 0.6 is 11.6 Å². The summed E-state index contributed by atoms with van der Waals surface area (Å²) in [5, 5.41) is 0.149. The zero-order valence-electron chi connectivity index (χ0n) is 11.7. The molecule has 2 aromatic rings. The van der Waals surface area contributed by atoms with Crippen molar-refractivity contribution >= 4 is 17.3 Å². The quantitative estimate of drug-likeness (QED) is 0.931. The van der Waals surface area contributed by atoms with E-state index < -0.39 is 5.82 Å². The zero-order chi connectivity index (χ0) is 14.8. The molecular formula is C17H18ClFN2. The smallest absolute Gasteiger partial charge is 0.141 e. The van der Waals surface area contributed by atoms with Crippen LogP contribution < -0.4 is 10.6 Å². The second kappa shape index (κ2) is 6.04. The van der Waals surface area contributed by atoms with Crippen LogP contribution in [0, 0.1) is 5.82 Å². The van der Waals surface area contributed by atoms with Crippen molar-refractivity contribution in [3.8, 4) is 0 Å². The molecule has 4 heteroatoms. The first-order valence-electron chi connectivity index (χ1n) is 7.20. The third-order valence-corrected chi connectivity index (χ3v) is 4.36. The standard InChI is InChI=1S/C17H18ClFN2/c18-14-10-13(7-8-15(14)19)17(11-20)21-9-3-5-12-4-1-2-6-16(12)21/h1-2,4,6-8,10,17H,3,5,9,11,20H2. The van der Waals surface area contributed by atoms with Crippen LogP contribution in [0.25, 0.3) is 0 Å². The van der Waals surface area contributed by atoms with Gasteiger partial charge in [-0.3, -0.25) is 0 Å². The fourth-order valence-corrected chi connectivity index (χ4v) is 3.24. The van der Waals surface area contributed by atoms with Gasteiger partial charge in [-0.05, 0) is 42.2 Å². The lowest BCUT2D eigenvalue weighted by molar-refractivity contribution is 0.584. The lowest BCUT2D eigenvalue weighted by Crippen LogP contribution is -2.37. The number of nitrogens with zero attached hydrogens (tertiary/aromatic N) is 1. The maximum Gasteiger partial charge on any atom is 0.141 e. The van der Waals surface area contributed by atoms with Gasteiger partial charge in [-0.15, -0.1) is 0 Å². The molecule has 0 aliphatic carbocycles. The number of anilines is 1. The molecule has 0 spiro atoms. The molecule has 0 bridgehead atoms. The average Bonchev–Trinajstić information content (AvgIpc) is 2.52. The first-order chi connectivity index (χ1) is 10.2. The molecule has 0 amide bonds. The minimum absolute atomic E-state index is 0.0181. The minimum Gasteiger partial charge on any atom is -0.363 e. The van der Waals surface area contributed by atoms with Gasteiger partial charge in [-0.25, -0.2) is 4.39 Å². The summed E-state index contributed by atoms with van der Waals surface area (Å²) in [4.78, 5) is 2.31. The van der Waals surface area contributed by atoms with Crippen LogP contribution in [0.1, 0.15) is 23.6 Å². The summed E-state index contributed by atoms with van der Waals surface area (Å²) < 4.78 is 13.4. The highest BCUT2D eigenvalue weighted by atomic mass is 35.5. The van der Waals surface area contributed by atoms with Crippen LogP contribution in [0.2, 0.25) is 5.02 Å². The predicted octanol–water partition coefficient (Wildman–Crippen LogP) is 3.93. The molecule has 3 rings (SSSR count). The molecule has 1 aliphatic rings. The molecule has 21 heavy (non-hydrogen) atoms. The van der Waals surface area contributed by atoms with Crippen molar-refractivity contribution in [2.24, 2.45) is 5.73 Å². The summed E-state index contributed by atoms with van der Waals surface area (Å²) in [6, 6.07) is 13.3. The van der Waals surface area contributed by atoms with Gasteiger partial charge in [0.05, 0.1) is 11.1 Å². The second-order valence-corrected chi connectivity index (χ2v) is 5.76. The monoisotopic (exact) mass is 304 g/mol. The van der Waals surface area contributed by atoms with E-state index in [9.17, 15) is 4.39 Å². The van der Waals surface area contributed by atoms with Crippen LogP contribution in [-0.2, 0) is 6.42 Å². The molecule has 1 aliphatic heterocycles. The SMILES string of the molecule is NCC(c1ccc(F)c(Cl)c1)N1CCCc2ccccc21. The van der Waals surface area contributed by atoms with E-state index in [1.807, 2.05) is 6.07 Å². The van der Waals surface area contributed by atoms with E-state index in [1.54, 1.807) is 12.1 Å². The van der Waals surface area contributed by atoms with E-state index in [4.69, 9.17) is 17.3 Å². The maximum atomic E-state index is 13.4. The lowest BCUT2D eigenvalue weighted by Gasteiger charge is -2.37. The molecule has 0 saturated carbocycles. The van der Waals surface area contributed by atoms with Crippen molar-refractivity contribution in [2.45, 2.75) is 18.9 Å². The molecule has 1 heterocycles. The number of nitrogens with two attached hydrogens (primary N) is 1. The van der Waals surface area contributed by atoms with Crippen molar-refractivity contribution in [3.05, 3.63) is 64.4 Å². The van der Waals surface area contributed by atoms with Gasteiger partial charge in [-0.2, -0.15) is 0 Å². The zero-order valence-corrected chi connectivity index (χ0v) is 12.5. The van der Waals surface area contributed by atoms with E-state index in [1.165, 1.54) is 17.3 Å². The number of para-hydroxylation sites is 1. The summed E-state index contributed by atoms with van der Waals surface area (Å²) >= 11 is 5.92. The third-order valence-electron chi connectivity index (χ3n) is 4.07. The van der Waals surface area contributed by atoms with E-state index in [-0.39, 0.29) is 11.1 Å². The maximum absolute atomic E-state index is 13.4. The summed E-state index contributed by atoms with van der Waals surface area (Å²) in [5.74, 6) is -0.393. The van der Waals surface area contributed by atoms with Crippen molar-refractivity contribution < 1.29 is 4.39 Å². The number of fused-ring (bicyclic) bond motifs is 1. The van der Waals surface area contributed by atoms with Crippen LogP contribution in [0.4, 0.5) is 10.1 Å². The predicted molar refractivity (Wildman–Crippen MR) is 85.3 cm³/mol. The Balaban J connectivity index is 1.99. The molecule has 0 radical (unpaired) electrons. The molecule has 2 aromatic carbocycles. The number of benzene rings is 2. The number of hydrogen-bond donors (Lipinski definition) is 1. The highest BCUT2D eigenvalue weighted by Gasteiger charge is 2.24. The first-order valence-corrected chi connectivity index (χ1v) is 7.58. The Morgan fingerprint density at radius 2 is 2.05 bits per heavy atom. The van der Waals surface area contributed by atoms with Gasteiger partial charge in [-0.1, -0.05) is 35.9 Å². The largest absolute Gasteiger partial charge is 0.363 e. The Morgan fingerprint density at radius 3 is 2.81 bits per heavy atom. The number of rotatable bonds is 3. The van der Waals surface area contributed by atoms with Crippen LogP contribution in [0.15, 0.2) is 42.5 Å². The van der Waals surface area contributed by atoms with E-state index >= 15 is 0 Å². The highest BCUT2D eigenvalue weighted by Crippen LogP contribution is 2.34. The van der Waals surface area contributed by atoms with E-state index in [0.29, 0.717) is 6.54 Å². The summed E-state index contributed by atoms with van der Waals surface area (Å²) in [7, 11) is 0. The molecule has 0 fully saturated rings. The van der Waals surface area contributed by atoms with E-state index in [2.05, 4.69) is 23.1 Å². The minimum atomic E-state index is -0.393. The van der Waals surface area contributed by atoms with Crippen molar-refractivity contribution in [2.75, 3.05) is 18.0 Å². The summed E-state index contributed by atoms with van der Waals surface area (Å²) in [5.41, 5.74) is 9.53. The fourth-order valence-electron chi connectivity index (χ4n) is 3.05. The van der Waals surface area contributed by atoms with Gasteiger partial charge in [0.25, 0.3) is 0 Å². The van der Waals surface area contributed by atoms with Gasteiger partial charge < -0.3 is 10.6 Å². The average molecular weight is 305 g/mol. The van der Waals surface area contributed by atoms with Gasteiger partial charge in [0.1, 0.15) is 5.82 Å². The Kier molecular flexibility index (Phi) is 4.13.